The van der Waals surface area contributed by atoms with Gasteiger partial charge in [0, 0.05) is 10.2 Å². The van der Waals surface area contributed by atoms with Gasteiger partial charge in [-0.15, -0.1) is 0 Å². The van der Waals surface area contributed by atoms with Crippen LogP contribution in [0.4, 0.5) is 5.69 Å². The van der Waals surface area contributed by atoms with Crippen LogP contribution in [0.15, 0.2) is 22.7 Å². The molecule has 0 aliphatic carbocycles. The molecule has 118 valence electrons. The Kier molecular flexibility index (Phi) is 8.26. The van der Waals surface area contributed by atoms with Crippen LogP contribution in [0, 0.1) is 6.92 Å². The van der Waals surface area contributed by atoms with Crippen LogP contribution in [0.2, 0.25) is 0 Å². The van der Waals surface area contributed by atoms with Crippen molar-refractivity contribution >= 4 is 57.4 Å². The van der Waals surface area contributed by atoms with E-state index in [1.165, 1.54) is 0 Å². The Hall–Kier alpha value is -0.0800. The van der Waals surface area contributed by atoms with Gasteiger partial charge in [0.15, 0.2) is 5.11 Å². The number of halogens is 1. The number of benzene rings is 1. The summed E-state index contributed by atoms with van der Waals surface area (Å²) in [6.45, 7) is 4.10. The molecule has 0 spiro atoms. The quantitative estimate of drug-likeness (QED) is 0.357. The average Bonchev–Trinajstić information content (AvgIpc) is 2.40. The standard InChI is InChI=1S/C12H19BrN3O2PS2/c1-4-17-19(21,18-5-2)16-15-12(20)14-11-7-6-10(13)8-9(11)3/h6-8H,4-5H2,1-3H3,(H,16,21)(H2,14,15,20). The fourth-order valence-electron chi connectivity index (χ4n) is 1.48. The number of rotatable bonds is 7. The monoisotopic (exact) mass is 411 g/mol. The van der Waals surface area contributed by atoms with E-state index in [0.29, 0.717) is 18.3 Å². The van der Waals surface area contributed by atoms with Gasteiger partial charge in [0.05, 0.1) is 13.2 Å². The molecule has 1 aromatic carbocycles. The second kappa shape index (κ2) is 9.15. The smallest absolute Gasteiger partial charge is 0.279 e. The normalized spacial score (nSPS) is 11.2. The second-order valence-corrected chi connectivity index (χ2v) is 8.48. The molecule has 9 heteroatoms. The van der Waals surface area contributed by atoms with Crippen LogP contribution in [0.1, 0.15) is 19.4 Å². The lowest BCUT2D eigenvalue weighted by atomic mass is 10.2. The molecule has 0 aliphatic rings. The van der Waals surface area contributed by atoms with Gasteiger partial charge in [0.2, 0.25) is 0 Å². The highest BCUT2D eigenvalue weighted by Crippen LogP contribution is 2.42. The minimum absolute atomic E-state index is 0.397. The van der Waals surface area contributed by atoms with Gasteiger partial charge in [-0.2, -0.15) is 5.20 Å². The van der Waals surface area contributed by atoms with E-state index in [2.05, 4.69) is 31.9 Å². The largest absolute Gasteiger partial charge is 0.331 e. The summed E-state index contributed by atoms with van der Waals surface area (Å²) < 4.78 is 11.9. The second-order valence-electron chi connectivity index (χ2n) is 3.98. The van der Waals surface area contributed by atoms with Crippen LogP contribution < -0.4 is 15.9 Å². The van der Waals surface area contributed by atoms with Crippen molar-refractivity contribution in [2.45, 2.75) is 20.8 Å². The van der Waals surface area contributed by atoms with Crippen molar-refractivity contribution < 1.29 is 9.05 Å². The van der Waals surface area contributed by atoms with Gasteiger partial charge in [0.1, 0.15) is 0 Å². The highest BCUT2D eigenvalue weighted by molar-refractivity contribution is 9.10. The molecule has 0 heterocycles. The number of hydrogen-bond donors (Lipinski definition) is 3. The fourth-order valence-corrected chi connectivity index (χ4v) is 4.10. The maximum Gasteiger partial charge on any atom is 0.279 e. The molecule has 0 aromatic heterocycles. The van der Waals surface area contributed by atoms with E-state index in [9.17, 15) is 0 Å². The number of nitrogens with one attached hydrogen (secondary N) is 3. The molecule has 5 nitrogen and oxygen atoms in total. The van der Waals surface area contributed by atoms with Crippen molar-refractivity contribution in [1.82, 2.24) is 10.6 Å². The first-order valence-electron chi connectivity index (χ1n) is 6.39. The zero-order chi connectivity index (χ0) is 15.9. The molecule has 0 bridgehead atoms. The number of hydrogen-bond acceptors (Lipinski definition) is 4. The number of aryl methyl sites for hydroxylation is 1. The van der Waals surface area contributed by atoms with Crippen molar-refractivity contribution in [3.8, 4) is 0 Å². The van der Waals surface area contributed by atoms with Crippen LogP contribution >= 0.6 is 34.8 Å². The maximum atomic E-state index is 5.45. The lowest BCUT2D eigenvalue weighted by Gasteiger charge is -2.23. The van der Waals surface area contributed by atoms with E-state index in [0.717, 1.165) is 15.7 Å². The zero-order valence-electron chi connectivity index (χ0n) is 12.1. The fraction of sp³-hybridized carbons (Fsp3) is 0.417. The summed E-state index contributed by atoms with van der Waals surface area (Å²) in [5.41, 5.74) is 4.82. The predicted molar refractivity (Wildman–Crippen MR) is 98.9 cm³/mol. The zero-order valence-corrected chi connectivity index (χ0v) is 16.2. The van der Waals surface area contributed by atoms with Gasteiger partial charge in [-0.05, 0) is 68.6 Å². The molecule has 1 aromatic rings. The molecule has 3 N–H and O–H groups in total. The van der Waals surface area contributed by atoms with Crippen LogP contribution in [-0.2, 0) is 20.9 Å². The Balaban J connectivity index is 2.59. The Morgan fingerprint density at radius 1 is 1.29 bits per heavy atom. The first-order chi connectivity index (χ1) is 9.90. The van der Waals surface area contributed by atoms with Crippen LogP contribution in [0.3, 0.4) is 0 Å². The molecular formula is C12H19BrN3O2PS2. The molecule has 0 aliphatic heterocycles. The van der Waals surface area contributed by atoms with Gasteiger partial charge in [-0.1, -0.05) is 15.9 Å². The molecule has 1 rings (SSSR count). The summed E-state index contributed by atoms with van der Waals surface area (Å²) in [6.07, 6.45) is 0. The Labute approximate surface area is 144 Å². The summed E-state index contributed by atoms with van der Waals surface area (Å²) in [4.78, 5) is 0. The van der Waals surface area contributed by atoms with Crippen molar-refractivity contribution in [3.63, 3.8) is 0 Å². The van der Waals surface area contributed by atoms with Crippen molar-refractivity contribution in [2.24, 2.45) is 0 Å². The SMILES string of the molecule is CCOP(=S)(NNC(=S)Nc1ccc(Br)cc1C)OCC. The van der Waals surface area contributed by atoms with E-state index in [-0.39, 0.29) is 0 Å². The Morgan fingerprint density at radius 2 is 1.90 bits per heavy atom. The van der Waals surface area contributed by atoms with E-state index in [1.54, 1.807) is 0 Å². The van der Waals surface area contributed by atoms with Crippen LogP contribution in [0.5, 0.6) is 0 Å². The topological polar surface area (TPSA) is 54.5 Å². The third-order valence-corrected chi connectivity index (χ3v) is 5.53. The molecule has 0 fully saturated rings. The summed E-state index contributed by atoms with van der Waals surface area (Å²) in [6, 6.07) is 5.88. The highest BCUT2D eigenvalue weighted by atomic mass is 79.9. The Morgan fingerprint density at radius 3 is 2.43 bits per heavy atom. The molecule has 0 saturated heterocycles. The molecule has 0 radical (unpaired) electrons. The van der Waals surface area contributed by atoms with E-state index >= 15 is 0 Å². The third-order valence-electron chi connectivity index (χ3n) is 2.34. The summed E-state index contributed by atoms with van der Waals surface area (Å²) in [5.74, 6) is 0. The average molecular weight is 412 g/mol. The predicted octanol–water partition coefficient (Wildman–Crippen LogP) is 3.85. The first kappa shape index (κ1) is 19.0. The number of hydrazine groups is 1. The van der Waals surface area contributed by atoms with E-state index in [1.807, 2.05) is 39.0 Å². The molecule has 0 atom stereocenters. The van der Waals surface area contributed by atoms with Gasteiger partial charge in [0.25, 0.3) is 6.64 Å². The maximum absolute atomic E-state index is 5.45. The molecule has 0 saturated carbocycles. The van der Waals surface area contributed by atoms with Gasteiger partial charge >= 0.3 is 0 Å². The van der Waals surface area contributed by atoms with Crippen molar-refractivity contribution in [3.05, 3.63) is 28.2 Å². The molecule has 0 unspecified atom stereocenters. The Bertz CT molecular complexity index is 535. The molecule has 0 amide bonds. The summed E-state index contributed by atoms with van der Waals surface area (Å²) in [7, 11) is 0. The highest BCUT2D eigenvalue weighted by Gasteiger charge is 2.17. The van der Waals surface area contributed by atoms with Gasteiger partial charge in [-0.25, -0.2) is 0 Å². The van der Waals surface area contributed by atoms with Gasteiger partial charge in [-0.3, -0.25) is 5.43 Å². The first-order valence-corrected chi connectivity index (χ1v) is 10.2. The van der Waals surface area contributed by atoms with E-state index in [4.69, 9.17) is 33.1 Å². The van der Waals surface area contributed by atoms with Crippen molar-refractivity contribution in [2.75, 3.05) is 18.5 Å². The minimum Gasteiger partial charge on any atom is -0.331 e. The molecule has 21 heavy (non-hydrogen) atoms. The number of thiocarbonyl (C=S) groups is 1. The molecular weight excluding hydrogens is 393 g/mol. The minimum atomic E-state index is -2.56. The third kappa shape index (κ3) is 6.69. The van der Waals surface area contributed by atoms with Crippen LogP contribution in [-0.4, -0.2) is 18.3 Å². The lowest BCUT2D eigenvalue weighted by molar-refractivity contribution is 0.256. The summed E-state index contributed by atoms with van der Waals surface area (Å²) in [5, 5.41) is 6.36. The van der Waals surface area contributed by atoms with Gasteiger partial charge < -0.3 is 14.4 Å². The number of anilines is 1. The van der Waals surface area contributed by atoms with Crippen molar-refractivity contribution in [1.29, 1.82) is 0 Å². The lowest BCUT2D eigenvalue weighted by Crippen LogP contribution is -2.39. The van der Waals surface area contributed by atoms with Crippen LogP contribution in [0.25, 0.3) is 0 Å². The summed E-state index contributed by atoms with van der Waals surface area (Å²) >= 11 is 14.0. The van der Waals surface area contributed by atoms with E-state index < -0.39 is 6.64 Å².